The van der Waals surface area contributed by atoms with Crippen molar-refractivity contribution in [1.82, 2.24) is 15.3 Å². The molecule has 3 rings (SSSR count). The third-order valence-electron chi connectivity index (χ3n) is 5.66. The lowest BCUT2D eigenvalue weighted by Gasteiger charge is -2.38. The fraction of sp³-hybridized carbons (Fsp3) is 0.381. The van der Waals surface area contributed by atoms with Crippen molar-refractivity contribution in [3.05, 3.63) is 40.2 Å². The van der Waals surface area contributed by atoms with E-state index in [9.17, 15) is 36.6 Å². The number of carboxylic acids is 2. The Morgan fingerprint density at radius 3 is 2.53 bits per heavy atom. The van der Waals surface area contributed by atoms with Crippen molar-refractivity contribution in [3.8, 4) is 0 Å². The normalized spacial score (nSPS) is 15.6. The number of carbonyl (C=O) groups is 3. The number of aliphatic carboxylic acids is 2. The maximum atomic E-state index is 13.3. The number of aromatic amines is 1. The van der Waals surface area contributed by atoms with Crippen LogP contribution in [0.5, 0.6) is 0 Å². The van der Waals surface area contributed by atoms with Crippen LogP contribution in [0.2, 0.25) is 0 Å². The van der Waals surface area contributed by atoms with Crippen molar-refractivity contribution >= 4 is 51.2 Å². The van der Waals surface area contributed by atoms with Gasteiger partial charge in [0.15, 0.2) is 5.82 Å². The molecule has 38 heavy (non-hydrogen) atoms. The maximum Gasteiger partial charge on any atom is 0.326 e. The highest BCUT2D eigenvalue weighted by Crippen LogP contribution is 2.26. The number of rotatable bonds is 12. The molecule has 15 nitrogen and oxygen atoms in total. The second-order valence-corrected chi connectivity index (χ2v) is 9.86. The van der Waals surface area contributed by atoms with E-state index >= 15 is 0 Å². The molecule has 2 unspecified atom stereocenters. The molecule has 1 aliphatic heterocycles. The molecule has 0 spiro atoms. The van der Waals surface area contributed by atoms with Crippen LogP contribution >= 0.6 is 0 Å². The lowest BCUT2D eigenvalue weighted by atomic mass is 10.1. The predicted octanol–water partition coefficient (Wildman–Crippen LogP) is -0.588. The highest BCUT2D eigenvalue weighted by molar-refractivity contribution is 7.86. The Kier molecular flexibility index (Phi) is 8.72. The van der Waals surface area contributed by atoms with Crippen molar-refractivity contribution in [2.24, 2.45) is 0 Å². The van der Waals surface area contributed by atoms with Gasteiger partial charge >= 0.3 is 22.2 Å². The second kappa shape index (κ2) is 11.8. The SMILES string of the molecule is Nc1nc2c(c(=O)[nH]1)N(CCS(=O)(=O)F)C(CNc1ccc(C(=O)NC(CCC(=O)O)C(=O)O)cc1)CN2. The number of hydrogen-bond donors (Lipinski definition) is 7. The first-order valence-corrected chi connectivity index (χ1v) is 12.8. The number of nitrogens with one attached hydrogen (secondary N) is 4. The fourth-order valence-corrected chi connectivity index (χ4v) is 4.22. The molecule has 1 amide bonds. The van der Waals surface area contributed by atoms with Gasteiger partial charge in [0.2, 0.25) is 5.95 Å². The summed E-state index contributed by atoms with van der Waals surface area (Å²) in [4.78, 5) is 54.7. The van der Waals surface area contributed by atoms with Crippen LogP contribution in [0.3, 0.4) is 0 Å². The molecular formula is C21H26FN7O8S. The number of aromatic nitrogens is 2. The van der Waals surface area contributed by atoms with E-state index in [1.165, 1.54) is 29.2 Å². The van der Waals surface area contributed by atoms with Gasteiger partial charge in [0.1, 0.15) is 11.7 Å². The Labute approximate surface area is 215 Å². The van der Waals surface area contributed by atoms with Crippen molar-refractivity contribution in [2.45, 2.75) is 24.9 Å². The Morgan fingerprint density at radius 1 is 1.24 bits per heavy atom. The van der Waals surface area contributed by atoms with Gasteiger partial charge in [-0.2, -0.15) is 13.4 Å². The van der Waals surface area contributed by atoms with Crippen LogP contribution < -0.4 is 32.1 Å². The van der Waals surface area contributed by atoms with Crippen molar-refractivity contribution in [1.29, 1.82) is 0 Å². The topological polar surface area (TPSA) is 237 Å². The summed E-state index contributed by atoms with van der Waals surface area (Å²) in [6.45, 7) is 0.0698. The Bertz CT molecular complexity index is 1370. The summed E-state index contributed by atoms with van der Waals surface area (Å²) in [6, 6.07) is 4.05. The molecule has 2 atom stereocenters. The molecule has 0 saturated carbocycles. The maximum absolute atomic E-state index is 13.3. The van der Waals surface area contributed by atoms with Crippen molar-refractivity contribution in [3.63, 3.8) is 0 Å². The van der Waals surface area contributed by atoms with Gasteiger partial charge in [-0.15, -0.1) is 3.89 Å². The number of nitrogens with zero attached hydrogens (tertiary/aromatic N) is 2. The average molecular weight is 556 g/mol. The Morgan fingerprint density at radius 2 is 1.92 bits per heavy atom. The van der Waals surface area contributed by atoms with E-state index in [0.29, 0.717) is 5.69 Å². The standard InChI is InChI=1S/C21H26FN7O8S/c22-38(36,37)8-7-29-13(10-25-17-16(29)19(33)28-21(23)27-17)9-24-12-3-1-11(2-4-12)18(32)26-14(20(34)35)5-6-15(30)31/h1-4,13-14,24H,5-10H2,(H,26,32)(H,30,31)(H,34,35)(H4,23,25,27,28,33). The van der Waals surface area contributed by atoms with E-state index in [1.54, 1.807) is 0 Å². The number of nitrogens with two attached hydrogens (primary N) is 1. The zero-order valence-electron chi connectivity index (χ0n) is 19.8. The lowest BCUT2D eigenvalue weighted by Crippen LogP contribution is -2.52. The number of nitrogen functional groups attached to an aromatic ring is 1. The molecule has 0 saturated heterocycles. The first kappa shape index (κ1) is 28.2. The minimum atomic E-state index is -4.82. The molecule has 1 aromatic carbocycles. The van der Waals surface area contributed by atoms with Crippen LogP contribution in [0.4, 0.5) is 27.0 Å². The van der Waals surface area contributed by atoms with Crippen molar-refractivity contribution < 1.29 is 36.9 Å². The Balaban J connectivity index is 1.68. The smallest absolute Gasteiger partial charge is 0.326 e. The molecule has 0 aliphatic carbocycles. The molecule has 0 fully saturated rings. The number of amides is 1. The highest BCUT2D eigenvalue weighted by Gasteiger charge is 2.31. The predicted molar refractivity (Wildman–Crippen MR) is 134 cm³/mol. The van der Waals surface area contributed by atoms with Gasteiger partial charge in [-0.05, 0) is 30.7 Å². The van der Waals surface area contributed by atoms with Crippen molar-refractivity contribution in [2.75, 3.05) is 46.7 Å². The largest absolute Gasteiger partial charge is 0.481 e. The van der Waals surface area contributed by atoms with Crippen LogP contribution in [0.15, 0.2) is 29.1 Å². The highest BCUT2D eigenvalue weighted by atomic mass is 32.3. The molecule has 0 bridgehead atoms. The summed E-state index contributed by atoms with van der Waals surface area (Å²) in [5.41, 5.74) is 5.63. The van der Waals surface area contributed by atoms with Gasteiger partial charge < -0.3 is 36.8 Å². The molecular weight excluding hydrogens is 529 g/mol. The molecule has 1 aliphatic rings. The minimum Gasteiger partial charge on any atom is -0.481 e. The number of fused-ring (bicyclic) bond motifs is 1. The number of hydrogen-bond acceptors (Lipinski definition) is 11. The fourth-order valence-electron chi connectivity index (χ4n) is 3.81. The van der Waals surface area contributed by atoms with E-state index in [0.717, 1.165) is 0 Å². The summed E-state index contributed by atoms with van der Waals surface area (Å²) in [6.07, 6.45) is -0.704. The van der Waals surface area contributed by atoms with E-state index < -0.39 is 57.9 Å². The van der Waals surface area contributed by atoms with Gasteiger partial charge in [-0.3, -0.25) is 19.4 Å². The first-order chi connectivity index (χ1) is 17.8. The number of benzene rings is 1. The van der Waals surface area contributed by atoms with E-state index in [-0.39, 0.29) is 49.1 Å². The number of H-pyrrole nitrogens is 1. The van der Waals surface area contributed by atoms with E-state index in [4.69, 9.17) is 10.8 Å². The molecule has 1 aromatic heterocycles. The quantitative estimate of drug-likeness (QED) is 0.162. The molecule has 0 radical (unpaired) electrons. The minimum absolute atomic E-state index is 0.0174. The second-order valence-electron chi connectivity index (χ2n) is 8.37. The van der Waals surface area contributed by atoms with E-state index in [2.05, 4.69) is 25.9 Å². The number of anilines is 4. The molecule has 2 aromatic rings. The summed E-state index contributed by atoms with van der Waals surface area (Å²) >= 11 is 0. The number of carboxylic acid groups (broad SMARTS) is 2. The van der Waals surface area contributed by atoms with Gasteiger partial charge in [0.25, 0.3) is 11.5 Å². The summed E-state index contributed by atoms with van der Waals surface area (Å²) in [5, 5.41) is 26.3. The Hall–Kier alpha value is -4.41. The van der Waals surface area contributed by atoms with Crippen LogP contribution in [0.25, 0.3) is 0 Å². The average Bonchev–Trinajstić information content (AvgIpc) is 2.83. The zero-order valence-corrected chi connectivity index (χ0v) is 20.6. The first-order valence-electron chi connectivity index (χ1n) is 11.3. The summed E-state index contributed by atoms with van der Waals surface area (Å²) in [5.74, 6) is -4.10. The van der Waals surface area contributed by atoms with Gasteiger partial charge in [0, 0.05) is 37.3 Å². The number of halogens is 1. The van der Waals surface area contributed by atoms with Crippen LogP contribution in [0.1, 0.15) is 23.2 Å². The van der Waals surface area contributed by atoms with Crippen LogP contribution in [0, 0.1) is 0 Å². The van der Waals surface area contributed by atoms with Gasteiger partial charge in [0.05, 0.1) is 11.8 Å². The molecule has 17 heteroatoms. The number of carbonyl (C=O) groups excluding carboxylic acids is 1. The molecule has 2 heterocycles. The zero-order chi connectivity index (χ0) is 28.0. The summed E-state index contributed by atoms with van der Waals surface area (Å²) < 4.78 is 35.5. The molecule has 8 N–H and O–H groups in total. The third kappa shape index (κ3) is 7.55. The van der Waals surface area contributed by atoms with E-state index in [1.807, 2.05) is 0 Å². The van der Waals surface area contributed by atoms with Crippen LogP contribution in [-0.2, 0) is 19.8 Å². The van der Waals surface area contributed by atoms with Gasteiger partial charge in [-0.25, -0.2) is 4.79 Å². The molecule has 206 valence electrons. The van der Waals surface area contributed by atoms with Gasteiger partial charge in [-0.1, -0.05) is 0 Å². The van der Waals surface area contributed by atoms with Crippen LogP contribution in [-0.4, -0.2) is 83.9 Å². The lowest BCUT2D eigenvalue weighted by molar-refractivity contribution is -0.140. The third-order valence-corrected chi connectivity index (χ3v) is 6.33. The monoisotopic (exact) mass is 555 g/mol. The summed E-state index contributed by atoms with van der Waals surface area (Å²) in [7, 11) is -4.82.